The molecule has 0 bridgehead atoms. The number of amides is 1. The van der Waals surface area contributed by atoms with E-state index >= 15 is 0 Å². The second-order valence-electron chi connectivity index (χ2n) is 4.49. The molecule has 0 saturated carbocycles. The zero-order valence-corrected chi connectivity index (χ0v) is 11.6. The van der Waals surface area contributed by atoms with Crippen LogP contribution in [0.1, 0.15) is 12.5 Å². The molecule has 0 saturated heterocycles. The molecule has 1 heterocycles. The summed E-state index contributed by atoms with van der Waals surface area (Å²) in [5.74, 6) is -1.81. The highest BCUT2D eigenvalue weighted by Gasteiger charge is 2.18. The number of benzene rings is 1. The van der Waals surface area contributed by atoms with Crippen LogP contribution in [0, 0.1) is 18.6 Å². The van der Waals surface area contributed by atoms with Crippen molar-refractivity contribution in [3.63, 3.8) is 0 Å². The highest BCUT2D eigenvalue weighted by Crippen LogP contribution is 2.19. The topological polar surface area (TPSA) is 51.2 Å². The Bertz CT molecular complexity index is 662. The third kappa shape index (κ3) is 3.75. The third-order valence-electron chi connectivity index (χ3n) is 2.82. The summed E-state index contributed by atoms with van der Waals surface area (Å²) in [6.45, 7) is 3.27. The zero-order valence-electron chi connectivity index (χ0n) is 11.6. The van der Waals surface area contributed by atoms with Gasteiger partial charge in [0.15, 0.2) is 17.7 Å². The Morgan fingerprint density at radius 1 is 1.33 bits per heavy atom. The maximum Gasteiger partial charge on any atom is 0.266 e. The highest BCUT2D eigenvalue weighted by atomic mass is 19.1. The van der Waals surface area contributed by atoms with Gasteiger partial charge in [0.25, 0.3) is 5.91 Å². The van der Waals surface area contributed by atoms with Crippen molar-refractivity contribution < 1.29 is 18.3 Å². The van der Waals surface area contributed by atoms with Crippen LogP contribution in [-0.4, -0.2) is 17.0 Å². The average molecular weight is 292 g/mol. The molecule has 2 rings (SSSR count). The summed E-state index contributed by atoms with van der Waals surface area (Å²) in [4.78, 5) is 16.0. The molecule has 21 heavy (non-hydrogen) atoms. The fourth-order valence-electron chi connectivity index (χ4n) is 1.65. The van der Waals surface area contributed by atoms with Gasteiger partial charge in [-0.2, -0.15) is 0 Å². The molecule has 2 aromatic rings. The maximum atomic E-state index is 13.5. The van der Waals surface area contributed by atoms with E-state index in [1.165, 1.54) is 6.92 Å². The molecule has 0 spiro atoms. The molecule has 0 aliphatic heterocycles. The molecular formula is C15H14F2N2O2. The summed E-state index contributed by atoms with van der Waals surface area (Å²) >= 11 is 0. The van der Waals surface area contributed by atoms with Crippen LogP contribution in [0.3, 0.4) is 0 Å². The second-order valence-corrected chi connectivity index (χ2v) is 4.49. The average Bonchev–Trinajstić information content (AvgIpc) is 2.44. The summed E-state index contributed by atoms with van der Waals surface area (Å²) in [5.41, 5.74) is 0.797. The molecule has 1 amide bonds. The Hall–Kier alpha value is -2.50. The van der Waals surface area contributed by atoms with Crippen molar-refractivity contribution in [1.29, 1.82) is 0 Å². The predicted molar refractivity (Wildman–Crippen MR) is 74.1 cm³/mol. The molecule has 0 aliphatic rings. The van der Waals surface area contributed by atoms with E-state index in [1.54, 1.807) is 25.3 Å². The summed E-state index contributed by atoms with van der Waals surface area (Å²) in [7, 11) is 0. The van der Waals surface area contributed by atoms with Crippen molar-refractivity contribution in [1.82, 2.24) is 4.98 Å². The minimum Gasteiger partial charge on any atom is -0.478 e. The standard InChI is InChI=1S/C15H14F2N2O2/c1-9-4-3-7-18-14(9)19-15(20)10(2)21-13-6-5-11(16)8-12(13)17/h3-8,10H,1-2H3,(H,18,19,20). The number of nitrogens with one attached hydrogen (secondary N) is 1. The molecule has 0 fully saturated rings. The Kier molecular flexibility index (Phi) is 4.47. The Morgan fingerprint density at radius 2 is 2.10 bits per heavy atom. The van der Waals surface area contributed by atoms with Crippen LogP contribution in [0.4, 0.5) is 14.6 Å². The van der Waals surface area contributed by atoms with Crippen LogP contribution < -0.4 is 10.1 Å². The Morgan fingerprint density at radius 3 is 2.76 bits per heavy atom. The molecule has 4 nitrogen and oxygen atoms in total. The number of carbonyl (C=O) groups excluding carboxylic acids is 1. The van der Waals surface area contributed by atoms with Crippen molar-refractivity contribution in [2.45, 2.75) is 20.0 Å². The van der Waals surface area contributed by atoms with Gasteiger partial charge in [0.1, 0.15) is 11.6 Å². The number of halogens is 2. The number of hydrogen-bond acceptors (Lipinski definition) is 3. The number of pyridine rings is 1. The van der Waals surface area contributed by atoms with E-state index < -0.39 is 23.6 Å². The van der Waals surface area contributed by atoms with Crippen LogP contribution in [0.25, 0.3) is 0 Å². The lowest BCUT2D eigenvalue weighted by Crippen LogP contribution is -2.31. The highest BCUT2D eigenvalue weighted by molar-refractivity contribution is 5.93. The number of aromatic nitrogens is 1. The van der Waals surface area contributed by atoms with Crippen molar-refractivity contribution in [3.05, 3.63) is 53.7 Å². The van der Waals surface area contributed by atoms with Gasteiger partial charge >= 0.3 is 0 Å². The maximum absolute atomic E-state index is 13.5. The molecule has 0 radical (unpaired) electrons. The monoisotopic (exact) mass is 292 g/mol. The van der Waals surface area contributed by atoms with Crippen molar-refractivity contribution in [2.75, 3.05) is 5.32 Å². The van der Waals surface area contributed by atoms with Crippen LogP contribution in [-0.2, 0) is 4.79 Å². The minimum absolute atomic E-state index is 0.184. The molecular weight excluding hydrogens is 278 g/mol. The summed E-state index contributed by atoms with van der Waals surface area (Å²) in [6, 6.07) is 6.45. The summed E-state index contributed by atoms with van der Waals surface area (Å²) in [6.07, 6.45) is 0.597. The lowest BCUT2D eigenvalue weighted by molar-refractivity contribution is -0.122. The first-order valence-electron chi connectivity index (χ1n) is 6.31. The van der Waals surface area contributed by atoms with Gasteiger partial charge in [0.05, 0.1) is 0 Å². The SMILES string of the molecule is Cc1cccnc1NC(=O)C(C)Oc1ccc(F)cc1F. The molecule has 1 unspecified atom stereocenters. The lowest BCUT2D eigenvalue weighted by atomic mass is 10.2. The molecule has 110 valence electrons. The van der Waals surface area contributed by atoms with E-state index in [0.717, 1.165) is 17.7 Å². The molecule has 1 aromatic heterocycles. The number of anilines is 1. The largest absolute Gasteiger partial charge is 0.478 e. The predicted octanol–water partition coefficient (Wildman–Crippen LogP) is 3.07. The van der Waals surface area contributed by atoms with Gasteiger partial charge in [-0.25, -0.2) is 13.8 Å². The number of nitrogens with zero attached hydrogens (tertiary/aromatic N) is 1. The molecule has 6 heteroatoms. The normalized spacial score (nSPS) is 11.8. The molecule has 0 aliphatic carbocycles. The smallest absolute Gasteiger partial charge is 0.266 e. The first-order chi connectivity index (χ1) is 9.97. The van der Waals surface area contributed by atoms with E-state index in [1.807, 2.05) is 0 Å². The van der Waals surface area contributed by atoms with Crippen LogP contribution in [0.5, 0.6) is 5.75 Å². The van der Waals surface area contributed by atoms with Gasteiger partial charge in [-0.15, -0.1) is 0 Å². The van der Waals surface area contributed by atoms with Gasteiger partial charge in [0.2, 0.25) is 0 Å². The number of aryl methyl sites for hydroxylation is 1. The van der Waals surface area contributed by atoms with Crippen LogP contribution >= 0.6 is 0 Å². The van der Waals surface area contributed by atoms with Gasteiger partial charge in [-0.05, 0) is 37.6 Å². The van der Waals surface area contributed by atoms with E-state index in [4.69, 9.17) is 4.74 Å². The summed E-state index contributed by atoms with van der Waals surface area (Å²) < 4.78 is 31.4. The number of hydrogen-bond donors (Lipinski definition) is 1. The van der Waals surface area contributed by atoms with Crippen LogP contribution in [0.15, 0.2) is 36.5 Å². The van der Waals surface area contributed by atoms with Crippen LogP contribution in [0.2, 0.25) is 0 Å². The number of ether oxygens (including phenoxy) is 1. The van der Waals surface area contributed by atoms with Gasteiger partial charge in [-0.1, -0.05) is 6.07 Å². The van der Waals surface area contributed by atoms with Gasteiger partial charge < -0.3 is 10.1 Å². The van der Waals surface area contributed by atoms with Crippen molar-refractivity contribution >= 4 is 11.7 Å². The Labute approximate surface area is 120 Å². The number of rotatable bonds is 4. The number of carbonyl (C=O) groups is 1. The summed E-state index contributed by atoms with van der Waals surface area (Å²) in [5, 5.41) is 2.59. The van der Waals surface area contributed by atoms with E-state index in [2.05, 4.69) is 10.3 Å². The fourth-order valence-corrected chi connectivity index (χ4v) is 1.65. The van der Waals surface area contributed by atoms with Gasteiger partial charge in [0, 0.05) is 12.3 Å². The first-order valence-corrected chi connectivity index (χ1v) is 6.31. The Balaban J connectivity index is 2.04. The fraction of sp³-hybridized carbons (Fsp3) is 0.200. The van der Waals surface area contributed by atoms with Crippen molar-refractivity contribution in [3.8, 4) is 5.75 Å². The van der Waals surface area contributed by atoms with E-state index in [-0.39, 0.29) is 5.75 Å². The minimum atomic E-state index is -0.952. The van der Waals surface area contributed by atoms with E-state index in [9.17, 15) is 13.6 Å². The third-order valence-corrected chi connectivity index (χ3v) is 2.82. The second kappa shape index (κ2) is 6.30. The lowest BCUT2D eigenvalue weighted by Gasteiger charge is -2.15. The first kappa shape index (κ1) is 14.9. The quantitative estimate of drug-likeness (QED) is 0.942. The van der Waals surface area contributed by atoms with Gasteiger partial charge in [-0.3, -0.25) is 4.79 Å². The zero-order chi connectivity index (χ0) is 15.4. The molecule has 1 N–H and O–H groups in total. The molecule has 1 atom stereocenters. The molecule has 1 aromatic carbocycles. The van der Waals surface area contributed by atoms with E-state index in [0.29, 0.717) is 11.9 Å². The van der Waals surface area contributed by atoms with Crippen molar-refractivity contribution in [2.24, 2.45) is 0 Å².